The third kappa shape index (κ3) is 4.46. The first-order chi connectivity index (χ1) is 7.93. The van der Waals surface area contributed by atoms with Crippen LogP contribution in [0, 0.1) is 0 Å². The van der Waals surface area contributed by atoms with Gasteiger partial charge in [-0.2, -0.15) is 18.2 Å². The van der Waals surface area contributed by atoms with Crippen molar-refractivity contribution in [2.45, 2.75) is 32.5 Å². The Labute approximate surface area is 97.2 Å². The van der Waals surface area contributed by atoms with Gasteiger partial charge in [0.2, 0.25) is 11.8 Å². The second-order valence-corrected chi connectivity index (χ2v) is 3.45. The normalized spacial score (nSPS) is 13.2. The zero-order valence-corrected chi connectivity index (χ0v) is 9.58. The summed E-state index contributed by atoms with van der Waals surface area (Å²) in [7, 11) is 0. The van der Waals surface area contributed by atoms with Crippen LogP contribution < -0.4 is 10.1 Å². The van der Waals surface area contributed by atoms with Crippen LogP contribution in [0.3, 0.4) is 0 Å². The van der Waals surface area contributed by atoms with Gasteiger partial charge in [-0.25, -0.2) is 4.98 Å². The number of rotatable bonds is 5. The molecular weight excluding hydrogens is 235 g/mol. The second kappa shape index (κ2) is 5.70. The summed E-state index contributed by atoms with van der Waals surface area (Å²) in [6.45, 7) is 3.54. The van der Waals surface area contributed by atoms with Gasteiger partial charge >= 0.3 is 6.18 Å². The summed E-state index contributed by atoms with van der Waals surface area (Å²) in [5, 5.41) is 2.86. The maximum Gasteiger partial charge on any atom is 0.425 e. The molecule has 0 radical (unpaired) electrons. The topological polar surface area (TPSA) is 47.0 Å². The Kier molecular flexibility index (Phi) is 4.53. The average molecular weight is 249 g/mol. The standard InChI is InChI=1S/C10H14F3N3O/c1-3-5-14-9-15-6-4-8(16-9)17-7(2)10(11,12)13/h4,6-7H,3,5H2,1-2H3,(H,14,15,16). The number of alkyl halides is 3. The Hall–Kier alpha value is -1.53. The van der Waals surface area contributed by atoms with Crippen LogP contribution in [0.2, 0.25) is 0 Å². The minimum atomic E-state index is -4.40. The Morgan fingerprint density at radius 2 is 2.18 bits per heavy atom. The first-order valence-corrected chi connectivity index (χ1v) is 5.23. The van der Waals surface area contributed by atoms with Crippen LogP contribution in [-0.4, -0.2) is 28.8 Å². The minimum Gasteiger partial charge on any atom is -0.465 e. The lowest BCUT2D eigenvalue weighted by molar-refractivity contribution is -0.189. The molecule has 1 rings (SSSR count). The molecule has 17 heavy (non-hydrogen) atoms. The van der Waals surface area contributed by atoms with E-state index in [-0.39, 0.29) is 11.8 Å². The highest BCUT2D eigenvalue weighted by Crippen LogP contribution is 2.23. The molecule has 1 aromatic rings. The zero-order valence-electron chi connectivity index (χ0n) is 9.58. The van der Waals surface area contributed by atoms with E-state index in [9.17, 15) is 13.2 Å². The summed E-state index contributed by atoms with van der Waals surface area (Å²) in [4.78, 5) is 7.68. The lowest BCUT2D eigenvalue weighted by atomic mass is 10.4. The molecule has 0 saturated heterocycles. The first-order valence-electron chi connectivity index (χ1n) is 5.23. The molecule has 0 aromatic carbocycles. The highest BCUT2D eigenvalue weighted by molar-refractivity contribution is 5.27. The fourth-order valence-corrected chi connectivity index (χ4v) is 0.978. The van der Waals surface area contributed by atoms with Crippen LogP contribution in [0.4, 0.5) is 19.1 Å². The van der Waals surface area contributed by atoms with Crippen molar-refractivity contribution in [1.82, 2.24) is 9.97 Å². The van der Waals surface area contributed by atoms with Gasteiger partial charge in [0, 0.05) is 18.8 Å². The van der Waals surface area contributed by atoms with E-state index >= 15 is 0 Å². The number of ether oxygens (including phenoxy) is 1. The molecule has 0 aliphatic carbocycles. The Bertz CT molecular complexity index is 357. The summed E-state index contributed by atoms with van der Waals surface area (Å²) in [6, 6.07) is 1.29. The van der Waals surface area contributed by atoms with Gasteiger partial charge < -0.3 is 10.1 Å². The predicted octanol–water partition coefficient (Wildman–Crippen LogP) is 2.63. The van der Waals surface area contributed by atoms with Gasteiger partial charge in [-0.05, 0) is 13.3 Å². The highest BCUT2D eigenvalue weighted by Gasteiger charge is 2.38. The number of hydrogen-bond donors (Lipinski definition) is 1. The van der Waals surface area contributed by atoms with Crippen molar-refractivity contribution in [3.8, 4) is 5.88 Å². The molecule has 96 valence electrons. The second-order valence-electron chi connectivity index (χ2n) is 3.45. The number of aromatic nitrogens is 2. The van der Waals surface area contributed by atoms with Gasteiger partial charge in [-0.3, -0.25) is 0 Å². The molecule has 0 bridgehead atoms. The van der Waals surface area contributed by atoms with Crippen molar-refractivity contribution in [3.63, 3.8) is 0 Å². The molecule has 0 aliphatic heterocycles. The molecule has 0 amide bonds. The number of nitrogens with one attached hydrogen (secondary N) is 1. The quantitative estimate of drug-likeness (QED) is 0.871. The molecule has 0 fully saturated rings. The Balaban J connectivity index is 2.65. The fourth-order valence-electron chi connectivity index (χ4n) is 0.978. The maximum atomic E-state index is 12.3. The lowest BCUT2D eigenvalue weighted by Crippen LogP contribution is -2.31. The summed E-state index contributed by atoms with van der Waals surface area (Å²) >= 11 is 0. The molecule has 4 nitrogen and oxygen atoms in total. The molecule has 1 N–H and O–H groups in total. The van der Waals surface area contributed by atoms with Crippen LogP contribution in [0.5, 0.6) is 5.88 Å². The fraction of sp³-hybridized carbons (Fsp3) is 0.600. The molecule has 7 heteroatoms. The van der Waals surface area contributed by atoms with E-state index in [0.29, 0.717) is 6.54 Å². The Morgan fingerprint density at radius 3 is 2.76 bits per heavy atom. The summed E-state index contributed by atoms with van der Waals surface area (Å²) in [6.07, 6.45) is -4.07. The van der Waals surface area contributed by atoms with Crippen molar-refractivity contribution >= 4 is 5.95 Å². The Morgan fingerprint density at radius 1 is 1.47 bits per heavy atom. The average Bonchev–Trinajstić information content (AvgIpc) is 2.25. The molecule has 0 spiro atoms. The van der Waals surface area contributed by atoms with Gasteiger partial charge in [0.05, 0.1) is 0 Å². The first kappa shape index (κ1) is 13.5. The van der Waals surface area contributed by atoms with Gasteiger partial charge in [-0.1, -0.05) is 6.92 Å². The van der Waals surface area contributed by atoms with Gasteiger partial charge in [0.25, 0.3) is 0 Å². The smallest absolute Gasteiger partial charge is 0.425 e. The van der Waals surface area contributed by atoms with Crippen LogP contribution in [0.1, 0.15) is 20.3 Å². The van der Waals surface area contributed by atoms with Crippen molar-refractivity contribution < 1.29 is 17.9 Å². The van der Waals surface area contributed by atoms with Crippen LogP contribution >= 0.6 is 0 Å². The third-order valence-electron chi connectivity index (χ3n) is 1.92. The van der Waals surface area contributed by atoms with Crippen LogP contribution in [-0.2, 0) is 0 Å². The number of halogens is 3. The monoisotopic (exact) mass is 249 g/mol. The van der Waals surface area contributed by atoms with Crippen molar-refractivity contribution in [2.75, 3.05) is 11.9 Å². The van der Waals surface area contributed by atoms with E-state index in [1.807, 2.05) is 6.92 Å². The van der Waals surface area contributed by atoms with Gasteiger partial charge in [0.1, 0.15) is 0 Å². The largest absolute Gasteiger partial charge is 0.465 e. The SMILES string of the molecule is CCCNc1nccc(OC(C)C(F)(F)F)n1. The van der Waals surface area contributed by atoms with E-state index in [0.717, 1.165) is 13.3 Å². The summed E-state index contributed by atoms with van der Waals surface area (Å²) < 4.78 is 41.4. The van der Waals surface area contributed by atoms with E-state index in [1.165, 1.54) is 12.3 Å². The summed E-state index contributed by atoms with van der Waals surface area (Å²) in [5.74, 6) is 0.169. The molecule has 0 aliphatic rings. The van der Waals surface area contributed by atoms with E-state index in [1.54, 1.807) is 0 Å². The molecule has 1 atom stereocenters. The number of hydrogen-bond acceptors (Lipinski definition) is 4. The highest BCUT2D eigenvalue weighted by atomic mass is 19.4. The van der Waals surface area contributed by atoms with E-state index in [2.05, 4.69) is 20.0 Å². The molecule has 0 saturated carbocycles. The van der Waals surface area contributed by atoms with Crippen molar-refractivity contribution in [2.24, 2.45) is 0 Å². The van der Waals surface area contributed by atoms with Crippen LogP contribution in [0.15, 0.2) is 12.3 Å². The lowest BCUT2D eigenvalue weighted by Gasteiger charge is -2.16. The van der Waals surface area contributed by atoms with Crippen molar-refractivity contribution in [3.05, 3.63) is 12.3 Å². The summed E-state index contributed by atoms with van der Waals surface area (Å²) in [5.41, 5.74) is 0. The van der Waals surface area contributed by atoms with Gasteiger partial charge in [0.15, 0.2) is 6.10 Å². The van der Waals surface area contributed by atoms with E-state index < -0.39 is 12.3 Å². The van der Waals surface area contributed by atoms with E-state index in [4.69, 9.17) is 0 Å². The molecule has 1 unspecified atom stereocenters. The minimum absolute atomic E-state index is 0.0940. The van der Waals surface area contributed by atoms with Gasteiger partial charge in [-0.15, -0.1) is 0 Å². The number of anilines is 1. The predicted molar refractivity (Wildman–Crippen MR) is 57.0 cm³/mol. The molecule has 1 heterocycles. The zero-order chi connectivity index (χ0) is 12.9. The number of nitrogens with zero attached hydrogens (tertiary/aromatic N) is 2. The maximum absolute atomic E-state index is 12.3. The van der Waals surface area contributed by atoms with Crippen LogP contribution in [0.25, 0.3) is 0 Å². The van der Waals surface area contributed by atoms with Crippen molar-refractivity contribution in [1.29, 1.82) is 0 Å². The molecule has 1 aromatic heterocycles. The third-order valence-corrected chi connectivity index (χ3v) is 1.92. The molecular formula is C10H14F3N3O.